The van der Waals surface area contributed by atoms with Crippen molar-refractivity contribution in [2.24, 2.45) is 5.73 Å². The molecule has 1 aliphatic carbocycles. The molecule has 1 aliphatic heterocycles. The first kappa shape index (κ1) is 14.8. The standard InChI is InChI=1S/C18H21N3OS/c19-18(8-1-2-9-18)17-20-15(12-23-17)13-5-3-6-14(11-13)21-10-4-7-16(21)22/h3,5-6,11-12H,1-2,4,7-10,19H2. The van der Waals surface area contributed by atoms with Crippen LogP contribution in [0.3, 0.4) is 0 Å². The molecule has 4 rings (SSSR count). The summed E-state index contributed by atoms with van der Waals surface area (Å²) in [4.78, 5) is 18.6. The number of hydrogen-bond donors (Lipinski definition) is 1. The van der Waals surface area contributed by atoms with Gasteiger partial charge < -0.3 is 10.6 Å². The number of anilines is 1. The number of rotatable bonds is 3. The lowest BCUT2D eigenvalue weighted by molar-refractivity contribution is -0.117. The van der Waals surface area contributed by atoms with Crippen molar-refractivity contribution in [3.63, 3.8) is 0 Å². The minimum atomic E-state index is -0.231. The molecule has 120 valence electrons. The lowest BCUT2D eigenvalue weighted by atomic mass is 10.0. The zero-order valence-corrected chi connectivity index (χ0v) is 13.9. The molecule has 2 aliphatic rings. The number of benzene rings is 1. The molecule has 1 aromatic carbocycles. The Bertz CT molecular complexity index is 733. The van der Waals surface area contributed by atoms with E-state index >= 15 is 0 Å². The highest BCUT2D eigenvalue weighted by molar-refractivity contribution is 7.10. The van der Waals surface area contributed by atoms with E-state index in [2.05, 4.69) is 17.5 Å². The number of carbonyl (C=O) groups is 1. The second-order valence-electron chi connectivity index (χ2n) is 6.60. The van der Waals surface area contributed by atoms with E-state index in [-0.39, 0.29) is 11.4 Å². The van der Waals surface area contributed by atoms with E-state index in [0.717, 1.165) is 47.8 Å². The highest BCUT2D eigenvalue weighted by atomic mass is 32.1. The first-order valence-corrected chi connectivity index (χ1v) is 9.19. The van der Waals surface area contributed by atoms with Crippen molar-refractivity contribution < 1.29 is 4.79 Å². The summed E-state index contributed by atoms with van der Waals surface area (Å²) in [6.45, 7) is 0.816. The third-order valence-electron chi connectivity index (χ3n) is 4.95. The van der Waals surface area contributed by atoms with Gasteiger partial charge in [-0.15, -0.1) is 11.3 Å². The average Bonchev–Trinajstić information content (AvgIpc) is 3.28. The quantitative estimate of drug-likeness (QED) is 0.936. The molecule has 1 saturated carbocycles. The predicted molar refractivity (Wildman–Crippen MR) is 93.5 cm³/mol. The van der Waals surface area contributed by atoms with Crippen LogP contribution in [0.4, 0.5) is 5.69 Å². The second kappa shape index (κ2) is 5.73. The van der Waals surface area contributed by atoms with Gasteiger partial charge in [-0.25, -0.2) is 4.98 Å². The Morgan fingerprint density at radius 2 is 2.04 bits per heavy atom. The minimum Gasteiger partial charge on any atom is -0.319 e. The fourth-order valence-corrected chi connectivity index (χ4v) is 4.61. The van der Waals surface area contributed by atoms with E-state index in [1.807, 2.05) is 17.0 Å². The fraction of sp³-hybridized carbons (Fsp3) is 0.444. The maximum Gasteiger partial charge on any atom is 0.227 e. The van der Waals surface area contributed by atoms with Crippen LogP contribution in [-0.2, 0) is 10.3 Å². The summed E-state index contributed by atoms with van der Waals surface area (Å²) in [5, 5.41) is 3.14. The molecule has 1 saturated heterocycles. The van der Waals surface area contributed by atoms with Crippen molar-refractivity contribution in [3.05, 3.63) is 34.7 Å². The third kappa shape index (κ3) is 2.68. The molecule has 0 unspecified atom stereocenters. The van der Waals surface area contributed by atoms with Gasteiger partial charge in [0.1, 0.15) is 5.01 Å². The second-order valence-corrected chi connectivity index (χ2v) is 7.46. The van der Waals surface area contributed by atoms with Crippen LogP contribution in [0, 0.1) is 0 Å². The monoisotopic (exact) mass is 327 g/mol. The number of nitrogens with two attached hydrogens (primary N) is 1. The van der Waals surface area contributed by atoms with Crippen LogP contribution < -0.4 is 10.6 Å². The zero-order valence-electron chi connectivity index (χ0n) is 13.1. The molecule has 2 aromatic rings. The normalized spacial score (nSPS) is 20.4. The Kier molecular flexibility index (Phi) is 3.70. The Morgan fingerprint density at radius 1 is 1.22 bits per heavy atom. The van der Waals surface area contributed by atoms with E-state index in [4.69, 9.17) is 10.7 Å². The lowest BCUT2D eigenvalue weighted by Crippen LogP contribution is -2.32. The maximum absolute atomic E-state index is 11.9. The number of thiazole rings is 1. The molecular formula is C18H21N3OS. The fourth-order valence-electron chi connectivity index (χ4n) is 3.61. The molecule has 0 atom stereocenters. The molecule has 0 bridgehead atoms. The summed E-state index contributed by atoms with van der Waals surface area (Å²) in [5.41, 5.74) is 9.29. The molecule has 2 heterocycles. The molecule has 2 fully saturated rings. The molecule has 5 heteroatoms. The van der Waals surface area contributed by atoms with Crippen LogP contribution in [0.2, 0.25) is 0 Å². The average molecular weight is 327 g/mol. The largest absolute Gasteiger partial charge is 0.319 e. The smallest absolute Gasteiger partial charge is 0.227 e. The van der Waals surface area contributed by atoms with Crippen LogP contribution in [-0.4, -0.2) is 17.4 Å². The minimum absolute atomic E-state index is 0.216. The number of aromatic nitrogens is 1. The molecule has 1 aromatic heterocycles. The van der Waals surface area contributed by atoms with Crippen LogP contribution in [0.15, 0.2) is 29.6 Å². The third-order valence-corrected chi connectivity index (χ3v) is 6.02. The van der Waals surface area contributed by atoms with Gasteiger partial charge in [0.05, 0.1) is 11.2 Å². The van der Waals surface area contributed by atoms with Gasteiger partial charge in [0.2, 0.25) is 5.91 Å². The van der Waals surface area contributed by atoms with E-state index in [9.17, 15) is 4.79 Å². The molecule has 1 amide bonds. The summed E-state index contributed by atoms with van der Waals surface area (Å²) in [6, 6.07) is 8.13. The topological polar surface area (TPSA) is 59.2 Å². The summed E-state index contributed by atoms with van der Waals surface area (Å²) >= 11 is 1.66. The molecular weight excluding hydrogens is 306 g/mol. The first-order valence-electron chi connectivity index (χ1n) is 8.31. The SMILES string of the molecule is NC1(c2nc(-c3cccc(N4CCCC4=O)c3)cs2)CCCC1. The van der Waals surface area contributed by atoms with Crippen LogP contribution in [0.25, 0.3) is 11.3 Å². The highest BCUT2D eigenvalue weighted by Gasteiger charge is 2.34. The van der Waals surface area contributed by atoms with Crippen LogP contribution >= 0.6 is 11.3 Å². The van der Waals surface area contributed by atoms with Crippen molar-refractivity contribution in [3.8, 4) is 11.3 Å². The van der Waals surface area contributed by atoms with Crippen molar-refractivity contribution in [2.75, 3.05) is 11.4 Å². The van der Waals surface area contributed by atoms with Gasteiger partial charge in [0.25, 0.3) is 0 Å². The number of hydrogen-bond acceptors (Lipinski definition) is 4. The summed E-state index contributed by atoms with van der Waals surface area (Å²) in [5.74, 6) is 0.216. The number of nitrogens with zero attached hydrogens (tertiary/aromatic N) is 2. The molecule has 4 nitrogen and oxygen atoms in total. The lowest BCUT2D eigenvalue weighted by Gasteiger charge is -2.20. The Balaban J connectivity index is 1.63. The van der Waals surface area contributed by atoms with E-state index in [1.165, 1.54) is 12.8 Å². The molecule has 0 radical (unpaired) electrons. The maximum atomic E-state index is 11.9. The van der Waals surface area contributed by atoms with Gasteiger partial charge in [-0.1, -0.05) is 25.0 Å². The predicted octanol–water partition coefficient (Wildman–Crippen LogP) is 3.66. The number of carbonyl (C=O) groups excluding carboxylic acids is 1. The Morgan fingerprint density at radius 3 is 2.78 bits per heavy atom. The van der Waals surface area contributed by atoms with Crippen molar-refractivity contribution in [2.45, 2.75) is 44.1 Å². The molecule has 2 N–H and O–H groups in total. The van der Waals surface area contributed by atoms with Gasteiger partial charge in [-0.05, 0) is 31.4 Å². The number of amides is 1. The molecule has 0 spiro atoms. The van der Waals surface area contributed by atoms with Crippen LogP contribution in [0.5, 0.6) is 0 Å². The van der Waals surface area contributed by atoms with E-state index in [1.54, 1.807) is 11.3 Å². The summed E-state index contributed by atoms with van der Waals surface area (Å²) in [7, 11) is 0. The summed E-state index contributed by atoms with van der Waals surface area (Å²) < 4.78 is 0. The van der Waals surface area contributed by atoms with Crippen LogP contribution in [0.1, 0.15) is 43.5 Å². The van der Waals surface area contributed by atoms with Crippen molar-refractivity contribution in [1.29, 1.82) is 0 Å². The zero-order chi connectivity index (χ0) is 15.9. The van der Waals surface area contributed by atoms with Gasteiger partial charge in [-0.3, -0.25) is 4.79 Å². The first-order chi connectivity index (χ1) is 11.2. The van der Waals surface area contributed by atoms with Gasteiger partial charge in [0.15, 0.2) is 0 Å². The van der Waals surface area contributed by atoms with Gasteiger partial charge in [-0.2, -0.15) is 0 Å². The van der Waals surface area contributed by atoms with Gasteiger partial charge in [0, 0.05) is 29.6 Å². The van der Waals surface area contributed by atoms with E-state index in [0.29, 0.717) is 6.42 Å². The Labute approximate surface area is 140 Å². The molecule has 23 heavy (non-hydrogen) atoms. The van der Waals surface area contributed by atoms with Crippen molar-refractivity contribution >= 4 is 22.9 Å². The highest BCUT2D eigenvalue weighted by Crippen LogP contribution is 2.39. The van der Waals surface area contributed by atoms with Gasteiger partial charge >= 0.3 is 0 Å². The Hall–Kier alpha value is -1.72. The van der Waals surface area contributed by atoms with Crippen molar-refractivity contribution in [1.82, 2.24) is 4.98 Å². The summed E-state index contributed by atoms with van der Waals surface area (Å²) in [6.07, 6.45) is 6.04. The van der Waals surface area contributed by atoms with E-state index < -0.39 is 0 Å².